The minimum Gasteiger partial charge on any atom is -0.312 e. The van der Waals surface area contributed by atoms with E-state index in [9.17, 15) is 8.42 Å². The van der Waals surface area contributed by atoms with E-state index in [4.69, 9.17) is 5.26 Å². The van der Waals surface area contributed by atoms with Crippen molar-refractivity contribution >= 4 is 21.2 Å². The molecule has 0 fully saturated rings. The Labute approximate surface area is 122 Å². The molecule has 6 heteroatoms. The average molecular weight is 306 g/mol. The third-order valence-corrected chi connectivity index (χ3v) is 5.26. The molecule has 104 valence electrons. The van der Waals surface area contributed by atoms with Crippen LogP contribution in [0, 0.1) is 11.3 Å². The first-order chi connectivity index (χ1) is 9.62. The van der Waals surface area contributed by atoms with Crippen LogP contribution in [0.3, 0.4) is 0 Å². The highest BCUT2D eigenvalue weighted by Gasteiger charge is 2.13. The summed E-state index contributed by atoms with van der Waals surface area (Å²) in [6.45, 7) is 1.07. The van der Waals surface area contributed by atoms with Crippen molar-refractivity contribution in [3.05, 3.63) is 52.2 Å². The number of rotatable bonds is 6. The smallest absolute Gasteiger partial charge is 0.179 e. The summed E-state index contributed by atoms with van der Waals surface area (Å²) in [5.41, 5.74) is 1.62. The van der Waals surface area contributed by atoms with Gasteiger partial charge in [0.15, 0.2) is 9.84 Å². The van der Waals surface area contributed by atoms with E-state index < -0.39 is 9.84 Å². The van der Waals surface area contributed by atoms with Gasteiger partial charge in [-0.05, 0) is 46.7 Å². The van der Waals surface area contributed by atoms with Gasteiger partial charge in [0.1, 0.15) is 0 Å². The number of hydrogen-bond acceptors (Lipinski definition) is 5. The van der Waals surface area contributed by atoms with Crippen LogP contribution in [0.15, 0.2) is 46.0 Å². The summed E-state index contributed by atoms with van der Waals surface area (Å²) in [6.07, 6.45) is 0. The van der Waals surface area contributed by atoms with Gasteiger partial charge in [0.05, 0.1) is 22.3 Å². The molecule has 1 aromatic heterocycles. The molecule has 0 radical (unpaired) electrons. The van der Waals surface area contributed by atoms with E-state index in [2.05, 4.69) is 5.32 Å². The number of nitriles is 1. The van der Waals surface area contributed by atoms with Gasteiger partial charge in [-0.3, -0.25) is 0 Å². The highest BCUT2D eigenvalue weighted by Crippen LogP contribution is 2.12. The monoisotopic (exact) mass is 306 g/mol. The maximum atomic E-state index is 12.1. The fraction of sp³-hybridized carbons (Fsp3) is 0.214. The SMILES string of the molecule is N#Cc1ccc(S(=O)(=O)CCNCc2ccsc2)cc1. The van der Waals surface area contributed by atoms with Crippen molar-refractivity contribution in [2.45, 2.75) is 11.4 Å². The normalized spacial score (nSPS) is 11.2. The summed E-state index contributed by atoms with van der Waals surface area (Å²) in [6, 6.07) is 9.97. The van der Waals surface area contributed by atoms with Gasteiger partial charge in [-0.25, -0.2) is 8.42 Å². The van der Waals surface area contributed by atoms with E-state index in [1.807, 2.05) is 22.9 Å². The van der Waals surface area contributed by atoms with E-state index in [1.54, 1.807) is 11.3 Å². The molecular weight excluding hydrogens is 292 g/mol. The highest BCUT2D eigenvalue weighted by atomic mass is 32.2. The number of benzene rings is 1. The number of nitrogens with one attached hydrogen (secondary N) is 1. The fourth-order valence-corrected chi connectivity index (χ4v) is 3.56. The largest absolute Gasteiger partial charge is 0.312 e. The van der Waals surface area contributed by atoms with Crippen LogP contribution in [0.2, 0.25) is 0 Å². The Kier molecular flexibility index (Phi) is 4.90. The second-order valence-electron chi connectivity index (χ2n) is 4.26. The molecule has 0 unspecified atom stereocenters. The maximum Gasteiger partial charge on any atom is 0.179 e. The van der Waals surface area contributed by atoms with E-state index >= 15 is 0 Å². The first kappa shape index (κ1) is 14.7. The van der Waals surface area contributed by atoms with Crippen LogP contribution >= 0.6 is 11.3 Å². The Morgan fingerprint density at radius 2 is 1.95 bits per heavy atom. The zero-order valence-electron chi connectivity index (χ0n) is 10.7. The molecule has 0 saturated heterocycles. The Bertz CT molecular complexity index is 684. The Hall–Kier alpha value is -1.68. The molecule has 2 aromatic rings. The molecule has 0 aliphatic heterocycles. The first-order valence-corrected chi connectivity index (χ1v) is 8.66. The molecule has 1 heterocycles. The van der Waals surface area contributed by atoms with Crippen LogP contribution in [0.1, 0.15) is 11.1 Å². The summed E-state index contributed by atoms with van der Waals surface area (Å²) in [7, 11) is -3.30. The zero-order chi connectivity index (χ0) is 14.4. The second kappa shape index (κ2) is 6.66. The number of thiophene rings is 1. The number of sulfone groups is 1. The highest BCUT2D eigenvalue weighted by molar-refractivity contribution is 7.91. The van der Waals surface area contributed by atoms with Crippen molar-refractivity contribution < 1.29 is 8.42 Å². The Morgan fingerprint density at radius 1 is 1.20 bits per heavy atom. The lowest BCUT2D eigenvalue weighted by molar-refractivity contribution is 0.590. The van der Waals surface area contributed by atoms with Crippen LogP contribution in [0.25, 0.3) is 0 Å². The van der Waals surface area contributed by atoms with E-state index in [0.29, 0.717) is 18.7 Å². The molecule has 4 nitrogen and oxygen atoms in total. The van der Waals surface area contributed by atoms with Crippen molar-refractivity contribution in [1.82, 2.24) is 5.32 Å². The van der Waals surface area contributed by atoms with Gasteiger partial charge in [-0.2, -0.15) is 16.6 Å². The lowest BCUT2D eigenvalue weighted by atomic mass is 10.2. The molecule has 0 aliphatic rings. The molecule has 0 amide bonds. The van der Waals surface area contributed by atoms with Crippen LogP contribution in [0.5, 0.6) is 0 Å². The lowest BCUT2D eigenvalue weighted by Gasteiger charge is -2.06. The summed E-state index contributed by atoms with van der Waals surface area (Å²) in [5, 5.41) is 15.8. The van der Waals surface area contributed by atoms with E-state index in [1.165, 1.54) is 24.3 Å². The summed E-state index contributed by atoms with van der Waals surface area (Å²) in [4.78, 5) is 0.258. The quantitative estimate of drug-likeness (QED) is 0.831. The molecule has 1 N–H and O–H groups in total. The van der Waals surface area contributed by atoms with Crippen LogP contribution in [-0.2, 0) is 16.4 Å². The van der Waals surface area contributed by atoms with Crippen molar-refractivity contribution in [2.24, 2.45) is 0 Å². The summed E-state index contributed by atoms with van der Waals surface area (Å²) < 4.78 is 24.1. The predicted octanol–water partition coefficient (Wildman–Crippen LogP) is 2.18. The molecule has 0 spiro atoms. The summed E-state index contributed by atoms with van der Waals surface area (Å²) in [5.74, 6) is 0.0447. The minimum atomic E-state index is -3.30. The van der Waals surface area contributed by atoms with Crippen LogP contribution in [0.4, 0.5) is 0 Å². The van der Waals surface area contributed by atoms with Gasteiger partial charge >= 0.3 is 0 Å². The summed E-state index contributed by atoms with van der Waals surface area (Å²) >= 11 is 1.62. The lowest BCUT2D eigenvalue weighted by Crippen LogP contribution is -2.22. The van der Waals surface area contributed by atoms with Gasteiger partial charge in [0.25, 0.3) is 0 Å². The predicted molar refractivity (Wildman–Crippen MR) is 79.2 cm³/mol. The molecule has 1 aromatic carbocycles. The molecule has 0 aliphatic carbocycles. The average Bonchev–Trinajstić information content (AvgIpc) is 2.97. The molecular formula is C14H14N2O2S2. The Morgan fingerprint density at radius 3 is 2.55 bits per heavy atom. The van der Waals surface area contributed by atoms with Crippen LogP contribution < -0.4 is 5.32 Å². The minimum absolute atomic E-state index is 0.0447. The van der Waals surface area contributed by atoms with Gasteiger partial charge in [0.2, 0.25) is 0 Å². The molecule has 0 bridgehead atoms. The van der Waals surface area contributed by atoms with Gasteiger partial charge in [-0.15, -0.1) is 0 Å². The number of hydrogen-bond donors (Lipinski definition) is 1. The van der Waals surface area contributed by atoms with Gasteiger partial charge in [0, 0.05) is 13.1 Å². The van der Waals surface area contributed by atoms with Crippen molar-refractivity contribution in [3.8, 4) is 6.07 Å². The van der Waals surface area contributed by atoms with E-state index in [-0.39, 0.29) is 10.6 Å². The molecule has 0 saturated carbocycles. The topological polar surface area (TPSA) is 70.0 Å². The van der Waals surface area contributed by atoms with Gasteiger partial charge in [-0.1, -0.05) is 0 Å². The number of nitrogens with zero attached hydrogens (tertiary/aromatic N) is 1. The molecule has 2 rings (SSSR count). The van der Waals surface area contributed by atoms with Crippen molar-refractivity contribution in [3.63, 3.8) is 0 Å². The van der Waals surface area contributed by atoms with Crippen molar-refractivity contribution in [1.29, 1.82) is 5.26 Å². The molecule has 0 atom stereocenters. The maximum absolute atomic E-state index is 12.1. The van der Waals surface area contributed by atoms with Crippen LogP contribution in [-0.4, -0.2) is 20.7 Å². The Balaban J connectivity index is 1.88. The first-order valence-electron chi connectivity index (χ1n) is 6.06. The third-order valence-electron chi connectivity index (χ3n) is 2.80. The second-order valence-corrected chi connectivity index (χ2v) is 7.15. The fourth-order valence-electron chi connectivity index (χ4n) is 1.69. The van der Waals surface area contributed by atoms with Crippen molar-refractivity contribution in [2.75, 3.05) is 12.3 Å². The zero-order valence-corrected chi connectivity index (χ0v) is 12.4. The van der Waals surface area contributed by atoms with Gasteiger partial charge < -0.3 is 5.32 Å². The molecule has 20 heavy (non-hydrogen) atoms. The third kappa shape index (κ3) is 3.90. The van der Waals surface area contributed by atoms with E-state index in [0.717, 1.165) is 5.56 Å². The standard InChI is InChI=1S/C14H14N2O2S2/c15-9-12-1-3-14(4-2-12)20(17,18)8-6-16-10-13-5-7-19-11-13/h1-5,7,11,16H,6,8,10H2.